The average Bonchev–Trinajstić information content (AvgIpc) is 3.41. The molecule has 2 aliphatic heterocycles. The van der Waals surface area contributed by atoms with Crippen molar-refractivity contribution in [2.75, 3.05) is 0 Å². The number of imide groups is 1. The summed E-state index contributed by atoms with van der Waals surface area (Å²) in [6, 6.07) is 7.79. The maximum absolute atomic E-state index is 13.5. The molecule has 7 unspecified atom stereocenters. The van der Waals surface area contributed by atoms with Gasteiger partial charge < -0.3 is 4.90 Å². The minimum Gasteiger partial charge on any atom is -0.337 e. The second kappa shape index (κ2) is 7.61. The van der Waals surface area contributed by atoms with Crippen LogP contribution >= 0.6 is 0 Å². The minimum absolute atomic E-state index is 0.0454. The lowest BCUT2D eigenvalue weighted by atomic mass is 9.85. The van der Waals surface area contributed by atoms with Crippen molar-refractivity contribution in [3.8, 4) is 0 Å². The van der Waals surface area contributed by atoms with Gasteiger partial charge in [0.05, 0.1) is 24.3 Å². The van der Waals surface area contributed by atoms with Crippen LogP contribution in [0, 0.1) is 30.6 Å². The Bertz CT molecular complexity index is 896. The molecule has 1 saturated carbocycles. The van der Waals surface area contributed by atoms with E-state index in [4.69, 9.17) is 0 Å². The Labute approximate surface area is 184 Å². The van der Waals surface area contributed by atoms with E-state index in [0.717, 1.165) is 36.8 Å². The topological polar surface area (TPSA) is 57.7 Å². The Morgan fingerprint density at radius 1 is 0.968 bits per heavy atom. The van der Waals surface area contributed by atoms with Crippen molar-refractivity contribution in [3.05, 3.63) is 47.5 Å². The van der Waals surface area contributed by atoms with Crippen molar-refractivity contribution < 1.29 is 14.4 Å². The van der Waals surface area contributed by atoms with E-state index in [-0.39, 0.29) is 59.9 Å². The Morgan fingerprint density at radius 2 is 1.52 bits per heavy atom. The molecule has 1 aromatic rings. The third-order valence-electron chi connectivity index (χ3n) is 8.13. The molecule has 0 spiro atoms. The van der Waals surface area contributed by atoms with Crippen molar-refractivity contribution in [3.63, 3.8) is 0 Å². The molecule has 7 atom stereocenters. The summed E-state index contributed by atoms with van der Waals surface area (Å²) in [7, 11) is 0. The van der Waals surface area contributed by atoms with Gasteiger partial charge in [0.25, 0.3) is 0 Å². The Morgan fingerprint density at radius 3 is 2.06 bits per heavy atom. The zero-order chi connectivity index (χ0) is 21.9. The molecule has 2 saturated heterocycles. The first-order valence-corrected chi connectivity index (χ1v) is 11.8. The SMILES string of the molecule is Cc1ccc(C(CC(=O)N2C(C)CCCC2C)N2C(=O)C3C4C=CC(C4)C3C2=O)cc1. The minimum atomic E-state index is -0.528. The fourth-order valence-electron chi connectivity index (χ4n) is 6.56. The Hall–Kier alpha value is -2.43. The first-order valence-electron chi connectivity index (χ1n) is 11.8. The van der Waals surface area contributed by atoms with Crippen LogP contribution in [0.25, 0.3) is 0 Å². The lowest BCUT2D eigenvalue weighted by molar-refractivity contribution is -0.146. The van der Waals surface area contributed by atoms with Gasteiger partial charge in [-0.2, -0.15) is 0 Å². The predicted octanol–water partition coefficient (Wildman–Crippen LogP) is 4.02. The summed E-state index contributed by atoms with van der Waals surface area (Å²) in [6.45, 7) is 6.23. The molecular weight excluding hydrogens is 388 g/mol. The summed E-state index contributed by atoms with van der Waals surface area (Å²) >= 11 is 0. The number of nitrogens with zero attached hydrogens (tertiary/aromatic N) is 2. The van der Waals surface area contributed by atoms with Crippen molar-refractivity contribution >= 4 is 17.7 Å². The van der Waals surface area contributed by atoms with E-state index in [2.05, 4.69) is 26.0 Å². The standard InChI is InChI=1S/C26H32N2O3/c1-15-7-9-18(10-8-15)21(14-22(29)27-16(2)5-4-6-17(27)3)28-25(30)23-19-11-12-20(13-19)24(23)26(28)31/h7-12,16-17,19-21,23-24H,4-6,13-14H2,1-3H3. The summed E-state index contributed by atoms with van der Waals surface area (Å²) in [4.78, 5) is 43.9. The molecule has 0 aromatic heterocycles. The van der Waals surface area contributed by atoms with Crippen molar-refractivity contribution in [1.82, 2.24) is 9.80 Å². The highest BCUT2D eigenvalue weighted by Gasteiger charge is 2.60. The van der Waals surface area contributed by atoms with Crippen molar-refractivity contribution in [2.45, 2.75) is 71.0 Å². The third kappa shape index (κ3) is 3.24. The molecule has 2 heterocycles. The van der Waals surface area contributed by atoms with Gasteiger partial charge in [-0.05, 0) is 63.9 Å². The summed E-state index contributed by atoms with van der Waals surface area (Å²) in [5.41, 5.74) is 1.99. The average molecular weight is 421 g/mol. The van der Waals surface area contributed by atoms with E-state index < -0.39 is 6.04 Å². The number of fused-ring (bicyclic) bond motifs is 5. The summed E-state index contributed by atoms with van der Waals surface area (Å²) in [5, 5.41) is 0. The molecule has 3 fully saturated rings. The van der Waals surface area contributed by atoms with Crippen LogP contribution in [0.2, 0.25) is 0 Å². The van der Waals surface area contributed by atoms with Crippen LogP contribution in [-0.4, -0.2) is 39.6 Å². The third-order valence-corrected chi connectivity index (χ3v) is 8.13. The second-order valence-electron chi connectivity index (χ2n) is 10.1. The Kier molecular flexibility index (Phi) is 5.03. The maximum Gasteiger partial charge on any atom is 0.234 e. The highest BCUT2D eigenvalue weighted by molar-refractivity contribution is 6.07. The van der Waals surface area contributed by atoms with E-state index in [1.165, 1.54) is 4.90 Å². The van der Waals surface area contributed by atoms with Crippen molar-refractivity contribution in [1.29, 1.82) is 0 Å². The smallest absolute Gasteiger partial charge is 0.234 e. The second-order valence-corrected chi connectivity index (χ2v) is 10.1. The van der Waals surface area contributed by atoms with Crippen LogP contribution in [0.5, 0.6) is 0 Å². The molecule has 0 N–H and O–H groups in total. The molecule has 4 aliphatic rings. The van der Waals surface area contributed by atoms with Gasteiger partial charge >= 0.3 is 0 Å². The number of amides is 3. The van der Waals surface area contributed by atoms with Crippen LogP contribution in [0.15, 0.2) is 36.4 Å². The molecule has 0 radical (unpaired) electrons. The van der Waals surface area contributed by atoms with Crippen LogP contribution in [-0.2, 0) is 14.4 Å². The first-order chi connectivity index (χ1) is 14.9. The zero-order valence-corrected chi connectivity index (χ0v) is 18.7. The number of likely N-dealkylation sites (tertiary alicyclic amines) is 2. The molecular formula is C26H32N2O3. The van der Waals surface area contributed by atoms with Crippen LogP contribution < -0.4 is 0 Å². The first kappa shape index (κ1) is 20.5. The molecule has 2 bridgehead atoms. The molecule has 164 valence electrons. The largest absolute Gasteiger partial charge is 0.337 e. The highest BCUT2D eigenvalue weighted by Crippen LogP contribution is 2.54. The number of rotatable bonds is 4. The zero-order valence-electron chi connectivity index (χ0n) is 18.7. The summed E-state index contributed by atoms with van der Waals surface area (Å²) < 4.78 is 0. The van der Waals surface area contributed by atoms with E-state index in [9.17, 15) is 14.4 Å². The molecule has 2 aliphatic carbocycles. The van der Waals surface area contributed by atoms with E-state index in [1.54, 1.807) is 0 Å². The fourth-order valence-corrected chi connectivity index (χ4v) is 6.56. The summed E-state index contributed by atoms with van der Waals surface area (Å²) in [6.07, 6.45) is 8.45. The van der Waals surface area contributed by atoms with Gasteiger partial charge in [-0.1, -0.05) is 42.0 Å². The molecule has 5 rings (SSSR count). The Balaban J connectivity index is 1.47. The van der Waals surface area contributed by atoms with Gasteiger partial charge in [-0.3, -0.25) is 19.3 Å². The van der Waals surface area contributed by atoms with Gasteiger partial charge in [-0.25, -0.2) is 0 Å². The number of carbonyl (C=O) groups excluding carboxylic acids is 3. The van der Waals surface area contributed by atoms with Crippen LogP contribution in [0.3, 0.4) is 0 Å². The number of allylic oxidation sites excluding steroid dienone is 2. The lowest BCUT2D eigenvalue weighted by Crippen LogP contribution is -2.49. The highest BCUT2D eigenvalue weighted by atomic mass is 16.2. The number of hydrogen-bond acceptors (Lipinski definition) is 3. The fraction of sp³-hybridized carbons (Fsp3) is 0.577. The molecule has 31 heavy (non-hydrogen) atoms. The normalized spacial score (nSPS) is 35.1. The monoisotopic (exact) mass is 420 g/mol. The number of aryl methyl sites for hydroxylation is 1. The van der Waals surface area contributed by atoms with Crippen LogP contribution in [0.1, 0.15) is 63.1 Å². The quantitative estimate of drug-likeness (QED) is 0.546. The van der Waals surface area contributed by atoms with Gasteiger partial charge in [0.15, 0.2) is 0 Å². The maximum atomic E-state index is 13.5. The number of hydrogen-bond donors (Lipinski definition) is 0. The number of piperidine rings is 1. The van der Waals surface area contributed by atoms with Crippen molar-refractivity contribution in [2.24, 2.45) is 23.7 Å². The lowest BCUT2D eigenvalue weighted by Gasteiger charge is -2.40. The van der Waals surface area contributed by atoms with Gasteiger partial charge in [0.1, 0.15) is 0 Å². The van der Waals surface area contributed by atoms with Crippen LogP contribution in [0.4, 0.5) is 0 Å². The van der Waals surface area contributed by atoms with E-state index in [0.29, 0.717) is 0 Å². The van der Waals surface area contributed by atoms with Gasteiger partial charge in [-0.15, -0.1) is 0 Å². The summed E-state index contributed by atoms with van der Waals surface area (Å²) in [5.74, 6) is -0.239. The molecule has 1 aromatic carbocycles. The van der Waals surface area contributed by atoms with Gasteiger partial charge in [0.2, 0.25) is 17.7 Å². The van der Waals surface area contributed by atoms with Gasteiger partial charge in [0, 0.05) is 12.1 Å². The molecule has 5 heteroatoms. The predicted molar refractivity (Wildman–Crippen MR) is 118 cm³/mol. The van der Waals surface area contributed by atoms with E-state index in [1.807, 2.05) is 36.1 Å². The van der Waals surface area contributed by atoms with E-state index >= 15 is 0 Å². The number of benzene rings is 1. The number of carbonyl (C=O) groups is 3. The molecule has 5 nitrogen and oxygen atoms in total. The molecule has 3 amide bonds.